The average Bonchev–Trinajstić information content (AvgIpc) is 2.57. The summed E-state index contributed by atoms with van der Waals surface area (Å²) >= 11 is 1.26. The maximum atomic E-state index is 13.7. The van der Waals surface area contributed by atoms with Crippen molar-refractivity contribution in [2.75, 3.05) is 0 Å². The fourth-order valence-electron chi connectivity index (χ4n) is 2.98. The molecule has 1 aliphatic carbocycles. The van der Waals surface area contributed by atoms with E-state index < -0.39 is 0 Å². The van der Waals surface area contributed by atoms with E-state index in [1.54, 1.807) is 18.2 Å². The summed E-state index contributed by atoms with van der Waals surface area (Å²) in [4.78, 5) is 13.0. The van der Waals surface area contributed by atoms with Gasteiger partial charge in [0.25, 0.3) is 0 Å². The van der Waals surface area contributed by atoms with Gasteiger partial charge in [-0.05, 0) is 49.4 Å². The van der Waals surface area contributed by atoms with Crippen molar-refractivity contribution in [2.45, 2.75) is 42.4 Å². The molecule has 4 heteroatoms. The van der Waals surface area contributed by atoms with E-state index in [9.17, 15) is 9.18 Å². The van der Waals surface area contributed by atoms with Gasteiger partial charge in [0.2, 0.25) is 5.91 Å². The summed E-state index contributed by atoms with van der Waals surface area (Å²) in [6, 6.07) is 14.9. The van der Waals surface area contributed by atoms with Crippen LogP contribution in [0.3, 0.4) is 0 Å². The van der Waals surface area contributed by atoms with Crippen molar-refractivity contribution in [2.24, 2.45) is 0 Å². The molecule has 0 fully saturated rings. The van der Waals surface area contributed by atoms with E-state index in [0.29, 0.717) is 4.90 Å². The third-order valence-corrected chi connectivity index (χ3v) is 5.35. The Morgan fingerprint density at radius 1 is 1.22 bits per heavy atom. The maximum absolute atomic E-state index is 13.7. The predicted molar refractivity (Wildman–Crippen MR) is 92.0 cm³/mol. The molecule has 0 radical (unpaired) electrons. The lowest BCUT2D eigenvalue weighted by molar-refractivity contribution is -0.121. The number of benzene rings is 2. The van der Waals surface area contributed by atoms with Crippen LogP contribution in [0.4, 0.5) is 4.39 Å². The highest BCUT2D eigenvalue weighted by molar-refractivity contribution is 8.00. The minimum absolute atomic E-state index is 0.0417. The summed E-state index contributed by atoms with van der Waals surface area (Å²) in [5, 5.41) is 2.80. The average molecular weight is 329 g/mol. The van der Waals surface area contributed by atoms with Crippen LogP contribution in [0.25, 0.3) is 0 Å². The highest BCUT2D eigenvalue weighted by atomic mass is 32.2. The molecule has 120 valence electrons. The van der Waals surface area contributed by atoms with E-state index in [1.165, 1.54) is 29.0 Å². The number of nitrogens with one attached hydrogen (secondary N) is 1. The van der Waals surface area contributed by atoms with Gasteiger partial charge in [-0.15, -0.1) is 11.8 Å². The highest BCUT2D eigenvalue weighted by Crippen LogP contribution is 2.31. The Balaban J connectivity index is 1.67. The molecule has 23 heavy (non-hydrogen) atoms. The molecule has 2 aromatic rings. The topological polar surface area (TPSA) is 29.1 Å². The van der Waals surface area contributed by atoms with Crippen molar-refractivity contribution < 1.29 is 9.18 Å². The Labute approximate surface area is 140 Å². The van der Waals surface area contributed by atoms with Crippen LogP contribution in [0.2, 0.25) is 0 Å². The van der Waals surface area contributed by atoms with Gasteiger partial charge >= 0.3 is 0 Å². The second-order valence-electron chi connectivity index (χ2n) is 5.84. The van der Waals surface area contributed by atoms with E-state index in [1.807, 2.05) is 19.1 Å². The summed E-state index contributed by atoms with van der Waals surface area (Å²) in [6.45, 7) is 1.82. The molecule has 0 aromatic heterocycles. The van der Waals surface area contributed by atoms with E-state index in [2.05, 4.69) is 17.4 Å². The zero-order chi connectivity index (χ0) is 16.2. The van der Waals surface area contributed by atoms with Gasteiger partial charge in [0.05, 0.1) is 11.3 Å². The van der Waals surface area contributed by atoms with Crippen LogP contribution in [-0.2, 0) is 11.2 Å². The number of hydrogen-bond donors (Lipinski definition) is 1. The second kappa shape index (κ2) is 7.18. The van der Waals surface area contributed by atoms with E-state index in [0.717, 1.165) is 19.3 Å². The molecule has 2 nitrogen and oxygen atoms in total. The van der Waals surface area contributed by atoms with Crippen molar-refractivity contribution in [3.8, 4) is 0 Å². The quantitative estimate of drug-likeness (QED) is 0.837. The van der Waals surface area contributed by atoms with Gasteiger partial charge < -0.3 is 5.32 Å². The first-order valence-electron chi connectivity index (χ1n) is 7.94. The number of amides is 1. The van der Waals surface area contributed by atoms with Crippen LogP contribution in [0.15, 0.2) is 53.4 Å². The van der Waals surface area contributed by atoms with Gasteiger partial charge in [0.1, 0.15) is 5.82 Å². The molecular formula is C19H20FNOS. The van der Waals surface area contributed by atoms with Crippen molar-refractivity contribution in [1.29, 1.82) is 0 Å². The van der Waals surface area contributed by atoms with Gasteiger partial charge in [0.15, 0.2) is 0 Å². The van der Waals surface area contributed by atoms with E-state index in [4.69, 9.17) is 0 Å². The summed E-state index contributed by atoms with van der Waals surface area (Å²) < 4.78 is 13.7. The lowest BCUT2D eigenvalue weighted by atomic mass is 9.88. The Kier molecular flexibility index (Phi) is 5.01. The molecule has 0 aliphatic heterocycles. The first kappa shape index (κ1) is 16.1. The maximum Gasteiger partial charge on any atom is 0.233 e. The summed E-state index contributed by atoms with van der Waals surface area (Å²) in [7, 11) is 0. The molecule has 1 amide bonds. The zero-order valence-electron chi connectivity index (χ0n) is 13.1. The van der Waals surface area contributed by atoms with Crippen LogP contribution in [0, 0.1) is 5.82 Å². The first-order valence-corrected chi connectivity index (χ1v) is 8.82. The second-order valence-corrected chi connectivity index (χ2v) is 7.23. The number of halogens is 1. The Hall–Kier alpha value is -1.81. The van der Waals surface area contributed by atoms with Crippen LogP contribution in [0.1, 0.15) is 36.9 Å². The molecule has 1 N–H and O–H groups in total. The van der Waals surface area contributed by atoms with Gasteiger partial charge in [-0.3, -0.25) is 4.79 Å². The molecule has 0 saturated carbocycles. The fourth-order valence-corrected chi connectivity index (χ4v) is 3.87. The molecule has 0 bridgehead atoms. The van der Waals surface area contributed by atoms with Crippen molar-refractivity contribution in [3.05, 3.63) is 65.5 Å². The molecule has 0 saturated heterocycles. The molecule has 1 aliphatic rings. The van der Waals surface area contributed by atoms with E-state index >= 15 is 0 Å². The number of fused-ring (bicyclic) bond motifs is 1. The Bertz CT molecular complexity index is 703. The molecule has 3 rings (SSSR count). The molecule has 0 spiro atoms. The Morgan fingerprint density at radius 2 is 1.96 bits per heavy atom. The van der Waals surface area contributed by atoms with Crippen molar-refractivity contribution >= 4 is 17.7 Å². The van der Waals surface area contributed by atoms with Gasteiger partial charge in [0, 0.05) is 4.90 Å². The minimum Gasteiger partial charge on any atom is -0.348 e. The fraction of sp³-hybridized carbons (Fsp3) is 0.316. The monoisotopic (exact) mass is 329 g/mol. The molecule has 2 aromatic carbocycles. The molecule has 0 heterocycles. The lowest BCUT2D eigenvalue weighted by Crippen LogP contribution is -2.35. The van der Waals surface area contributed by atoms with E-state index in [-0.39, 0.29) is 23.0 Å². The summed E-state index contributed by atoms with van der Waals surface area (Å²) in [6.07, 6.45) is 3.11. The minimum atomic E-state index is -0.332. The van der Waals surface area contributed by atoms with Crippen molar-refractivity contribution in [3.63, 3.8) is 0 Å². The van der Waals surface area contributed by atoms with Crippen LogP contribution >= 0.6 is 11.8 Å². The largest absolute Gasteiger partial charge is 0.348 e. The van der Waals surface area contributed by atoms with Crippen LogP contribution in [0.5, 0.6) is 0 Å². The van der Waals surface area contributed by atoms with Crippen molar-refractivity contribution in [1.82, 2.24) is 5.32 Å². The van der Waals surface area contributed by atoms with Gasteiger partial charge in [-0.25, -0.2) is 4.39 Å². The van der Waals surface area contributed by atoms with Crippen LogP contribution in [-0.4, -0.2) is 11.2 Å². The predicted octanol–water partition coefficient (Wildman–Crippen LogP) is 4.50. The number of aryl methyl sites for hydroxylation is 1. The summed E-state index contributed by atoms with van der Waals surface area (Å²) in [5.74, 6) is -0.319. The lowest BCUT2D eigenvalue weighted by Gasteiger charge is -2.27. The number of rotatable bonds is 4. The smallest absolute Gasteiger partial charge is 0.233 e. The first-order chi connectivity index (χ1) is 11.1. The third-order valence-electron chi connectivity index (χ3n) is 4.20. The SMILES string of the molecule is C[C@@H](Sc1ccccc1F)C(=O)N[C@H]1CCCc2ccccc21. The molecule has 0 unspecified atom stereocenters. The molecular weight excluding hydrogens is 309 g/mol. The van der Waals surface area contributed by atoms with Gasteiger partial charge in [-0.2, -0.15) is 0 Å². The van der Waals surface area contributed by atoms with Gasteiger partial charge in [-0.1, -0.05) is 36.4 Å². The number of carbonyl (C=O) groups is 1. The number of hydrogen-bond acceptors (Lipinski definition) is 2. The molecule has 2 atom stereocenters. The number of thioether (sulfide) groups is 1. The normalized spacial score (nSPS) is 18.1. The Morgan fingerprint density at radius 3 is 2.78 bits per heavy atom. The van der Waals surface area contributed by atoms with Crippen LogP contribution < -0.4 is 5.32 Å². The standard InChI is InChI=1S/C19H20FNOS/c1-13(23-18-12-5-4-10-16(18)20)19(22)21-17-11-6-8-14-7-2-3-9-15(14)17/h2-5,7,9-10,12-13,17H,6,8,11H2,1H3,(H,21,22)/t13-,17+/m1/s1. The number of carbonyl (C=O) groups excluding carboxylic acids is 1. The zero-order valence-corrected chi connectivity index (χ0v) is 13.9. The highest BCUT2D eigenvalue weighted by Gasteiger charge is 2.24. The summed E-state index contributed by atoms with van der Waals surface area (Å²) in [5.41, 5.74) is 2.54. The third kappa shape index (κ3) is 3.75.